The highest BCUT2D eigenvalue weighted by Crippen LogP contribution is 2.24. The summed E-state index contributed by atoms with van der Waals surface area (Å²) in [6.45, 7) is 8.12. The van der Waals surface area contributed by atoms with Gasteiger partial charge in [-0.05, 0) is 43.9 Å². The topological polar surface area (TPSA) is 60.4 Å². The molecule has 0 bridgehead atoms. The van der Waals surface area contributed by atoms with Crippen molar-refractivity contribution in [3.8, 4) is 0 Å². The molecule has 152 valence electrons. The molecule has 0 amide bonds. The second-order valence-electron chi connectivity index (χ2n) is 6.93. The maximum Gasteiger partial charge on any atom is 0.317 e. The van der Waals surface area contributed by atoms with Crippen LogP contribution in [0.2, 0.25) is 0 Å². The molecule has 0 spiro atoms. The van der Waals surface area contributed by atoms with Crippen LogP contribution >= 0.6 is 9.12 Å². The summed E-state index contributed by atoms with van der Waals surface area (Å²) in [4.78, 5) is 25.8. The summed E-state index contributed by atoms with van der Waals surface area (Å²) in [5, 5.41) is 0. The minimum atomic E-state index is -0.737. The van der Waals surface area contributed by atoms with E-state index < -0.39 is 11.9 Å². The van der Waals surface area contributed by atoms with Crippen molar-refractivity contribution < 1.29 is 18.9 Å². The molecule has 2 rings (SSSR count). The molecule has 0 aliphatic heterocycles. The van der Waals surface area contributed by atoms with Gasteiger partial charge in [-0.25, -0.2) is 0 Å². The van der Waals surface area contributed by atoms with E-state index >= 15 is 0 Å². The van der Waals surface area contributed by atoms with E-state index in [0.29, 0.717) is 21.1 Å². The standard InChI is InChI=1S/C23H28O3.H3OP/c1-5-6-12-20(23(25)26-15-19-10-8-7-9-11-19)22(24)21-17(3)13-16(2)14-18(21)4;1-2/h7-11,13-14,20H,5-6,12,15H2,1-4H3;2H3. The van der Waals surface area contributed by atoms with Crippen molar-refractivity contribution in [1.29, 1.82) is 0 Å². The van der Waals surface area contributed by atoms with Gasteiger partial charge in [0.15, 0.2) is 5.78 Å². The van der Waals surface area contributed by atoms with Crippen molar-refractivity contribution in [2.24, 2.45) is 5.92 Å². The van der Waals surface area contributed by atoms with Gasteiger partial charge in [0, 0.05) is 5.56 Å². The number of carbonyl (C=O) groups is 2. The van der Waals surface area contributed by atoms with Crippen molar-refractivity contribution in [1.82, 2.24) is 0 Å². The van der Waals surface area contributed by atoms with Crippen LogP contribution in [0.1, 0.15) is 58.8 Å². The van der Waals surface area contributed by atoms with E-state index in [1.165, 1.54) is 0 Å². The Balaban J connectivity index is 0.00000190. The van der Waals surface area contributed by atoms with Crippen LogP contribution in [-0.2, 0) is 20.7 Å². The van der Waals surface area contributed by atoms with E-state index in [0.717, 1.165) is 35.1 Å². The van der Waals surface area contributed by atoms with E-state index in [9.17, 15) is 9.59 Å². The molecule has 28 heavy (non-hydrogen) atoms. The van der Waals surface area contributed by atoms with Gasteiger partial charge in [-0.15, -0.1) is 0 Å². The van der Waals surface area contributed by atoms with Crippen LogP contribution < -0.4 is 0 Å². The van der Waals surface area contributed by atoms with Crippen LogP contribution in [0.4, 0.5) is 0 Å². The van der Waals surface area contributed by atoms with Crippen LogP contribution in [0, 0.1) is 26.7 Å². The van der Waals surface area contributed by atoms with Crippen LogP contribution in [-0.4, -0.2) is 11.8 Å². The molecule has 0 radical (unpaired) electrons. The quantitative estimate of drug-likeness (QED) is 0.261. The van der Waals surface area contributed by atoms with Gasteiger partial charge in [0.2, 0.25) is 0 Å². The zero-order valence-electron chi connectivity index (χ0n) is 17.3. The average Bonchev–Trinajstić information content (AvgIpc) is 2.68. The Bertz CT molecular complexity index is 763. The third-order valence-corrected chi connectivity index (χ3v) is 4.59. The van der Waals surface area contributed by atoms with Crippen molar-refractivity contribution in [2.75, 3.05) is 0 Å². The first kappa shape index (κ1) is 23.8. The molecule has 2 atom stereocenters. The van der Waals surface area contributed by atoms with Gasteiger partial charge in [0.1, 0.15) is 12.5 Å². The molecular formula is C23H31O4P. The summed E-state index contributed by atoms with van der Waals surface area (Å²) in [7, 11) is 0.611. The Morgan fingerprint density at radius 2 is 1.57 bits per heavy atom. The lowest BCUT2D eigenvalue weighted by Gasteiger charge is -2.18. The lowest BCUT2D eigenvalue weighted by atomic mass is 9.87. The van der Waals surface area contributed by atoms with E-state index in [1.54, 1.807) is 0 Å². The number of hydrogen-bond acceptors (Lipinski definition) is 4. The Kier molecular flexibility index (Phi) is 10.5. The molecule has 4 nitrogen and oxygen atoms in total. The van der Waals surface area contributed by atoms with E-state index in [1.807, 2.05) is 63.2 Å². The number of Topliss-reactive ketones (excluding diaryl/α,β-unsaturated/α-hetero) is 1. The molecule has 0 aliphatic carbocycles. The van der Waals surface area contributed by atoms with Crippen LogP contribution in [0.5, 0.6) is 0 Å². The van der Waals surface area contributed by atoms with Gasteiger partial charge in [-0.1, -0.05) is 67.8 Å². The Morgan fingerprint density at radius 3 is 2.11 bits per heavy atom. The molecule has 0 saturated heterocycles. The molecule has 0 saturated carbocycles. The highest BCUT2D eigenvalue weighted by atomic mass is 31.0. The Labute approximate surface area is 169 Å². The zero-order valence-corrected chi connectivity index (χ0v) is 18.7. The number of unbranched alkanes of at least 4 members (excludes halogenated alkanes) is 1. The first-order valence-electron chi connectivity index (χ1n) is 9.55. The molecule has 2 unspecified atom stereocenters. The lowest BCUT2D eigenvalue weighted by molar-refractivity contribution is -0.148. The zero-order chi connectivity index (χ0) is 21.1. The third kappa shape index (κ3) is 6.76. The number of ether oxygens (including phenoxy) is 1. The summed E-state index contributed by atoms with van der Waals surface area (Å²) in [6.07, 6.45) is 2.28. The molecule has 5 heteroatoms. The summed E-state index contributed by atoms with van der Waals surface area (Å²) in [5.41, 5.74) is 4.54. The SMILES string of the molecule is CCCCC(C(=O)OCc1ccccc1)C(=O)c1c(C)cc(C)cc1C.O=[PH3]. The summed E-state index contributed by atoms with van der Waals surface area (Å²) in [5.74, 6) is -1.28. The molecule has 0 aliphatic rings. The minimum Gasteiger partial charge on any atom is -0.460 e. The predicted octanol–water partition coefficient (Wildman–Crippen LogP) is 5.28. The second kappa shape index (κ2) is 12.3. The van der Waals surface area contributed by atoms with Gasteiger partial charge in [-0.2, -0.15) is 0 Å². The van der Waals surface area contributed by atoms with Gasteiger partial charge in [0.05, 0.1) is 9.12 Å². The molecule has 2 aromatic rings. The first-order chi connectivity index (χ1) is 13.4. The highest BCUT2D eigenvalue weighted by molar-refractivity contribution is 7.00. The van der Waals surface area contributed by atoms with E-state index in [-0.39, 0.29) is 12.4 Å². The van der Waals surface area contributed by atoms with E-state index in [2.05, 4.69) is 6.92 Å². The second-order valence-corrected chi connectivity index (χ2v) is 6.93. The van der Waals surface area contributed by atoms with Crippen molar-refractivity contribution >= 4 is 20.9 Å². The number of benzene rings is 2. The van der Waals surface area contributed by atoms with Crippen LogP contribution in [0.25, 0.3) is 0 Å². The number of rotatable bonds is 8. The Hall–Kier alpha value is -2.19. The minimum absolute atomic E-state index is 0.119. The van der Waals surface area contributed by atoms with Crippen molar-refractivity contribution in [3.05, 3.63) is 70.3 Å². The largest absolute Gasteiger partial charge is 0.460 e. The smallest absolute Gasteiger partial charge is 0.317 e. The molecule has 0 aromatic heterocycles. The molecular weight excluding hydrogens is 371 g/mol. The summed E-state index contributed by atoms with van der Waals surface area (Å²) < 4.78 is 13.8. The molecule has 0 heterocycles. The number of esters is 1. The highest BCUT2D eigenvalue weighted by Gasteiger charge is 2.30. The van der Waals surface area contributed by atoms with Gasteiger partial charge >= 0.3 is 5.97 Å². The first-order valence-corrected chi connectivity index (χ1v) is 10.1. The van der Waals surface area contributed by atoms with Gasteiger partial charge in [0.25, 0.3) is 0 Å². The average molecular weight is 402 g/mol. The fourth-order valence-corrected chi connectivity index (χ4v) is 3.34. The van der Waals surface area contributed by atoms with Crippen LogP contribution in [0.3, 0.4) is 0 Å². The summed E-state index contributed by atoms with van der Waals surface area (Å²) in [6, 6.07) is 13.5. The van der Waals surface area contributed by atoms with E-state index in [4.69, 9.17) is 9.30 Å². The lowest BCUT2D eigenvalue weighted by Crippen LogP contribution is -2.27. The van der Waals surface area contributed by atoms with Crippen LogP contribution in [0.15, 0.2) is 42.5 Å². The third-order valence-electron chi connectivity index (χ3n) is 4.59. The normalized spacial score (nSPS) is 11.3. The molecule has 0 fully saturated rings. The maximum atomic E-state index is 13.2. The number of aryl methyl sites for hydroxylation is 3. The molecule has 2 aromatic carbocycles. The van der Waals surface area contributed by atoms with Gasteiger partial charge in [-0.3, -0.25) is 9.59 Å². The predicted molar refractivity (Wildman–Crippen MR) is 116 cm³/mol. The summed E-state index contributed by atoms with van der Waals surface area (Å²) >= 11 is 0. The van der Waals surface area contributed by atoms with Crippen molar-refractivity contribution in [2.45, 2.75) is 53.6 Å². The fourth-order valence-electron chi connectivity index (χ4n) is 3.34. The number of ketones is 1. The maximum absolute atomic E-state index is 13.2. The number of hydrogen-bond donors (Lipinski definition) is 0. The fraction of sp³-hybridized carbons (Fsp3) is 0.391. The number of carbonyl (C=O) groups excluding carboxylic acids is 2. The monoisotopic (exact) mass is 402 g/mol. The van der Waals surface area contributed by atoms with Crippen molar-refractivity contribution in [3.63, 3.8) is 0 Å². The molecule has 0 N–H and O–H groups in total. The van der Waals surface area contributed by atoms with Gasteiger partial charge < -0.3 is 9.30 Å². The Morgan fingerprint density at radius 1 is 1.00 bits per heavy atom.